The van der Waals surface area contributed by atoms with Crippen molar-refractivity contribution in [3.8, 4) is 11.3 Å². The Hall–Kier alpha value is -1.76. The predicted octanol–water partition coefficient (Wildman–Crippen LogP) is 3.78. The zero-order valence-corrected chi connectivity index (χ0v) is 16.9. The quantitative estimate of drug-likeness (QED) is 0.886. The Labute approximate surface area is 159 Å². The van der Waals surface area contributed by atoms with Crippen molar-refractivity contribution in [2.45, 2.75) is 46.8 Å². The zero-order valence-electron chi connectivity index (χ0n) is 16.1. The van der Waals surface area contributed by atoms with E-state index in [1.165, 1.54) is 28.0 Å². The number of hydrogen-bond acceptors (Lipinski definition) is 5. The molecule has 3 rings (SSSR count). The van der Waals surface area contributed by atoms with Crippen LogP contribution < -0.4 is 5.32 Å². The van der Waals surface area contributed by atoms with Crippen LogP contribution in [-0.2, 0) is 9.53 Å². The summed E-state index contributed by atoms with van der Waals surface area (Å²) < 4.78 is 5.71. The van der Waals surface area contributed by atoms with Crippen LogP contribution in [0.3, 0.4) is 0 Å². The fourth-order valence-corrected chi connectivity index (χ4v) is 4.19. The van der Waals surface area contributed by atoms with E-state index in [1.807, 2.05) is 19.2 Å². The summed E-state index contributed by atoms with van der Waals surface area (Å²) in [5.41, 5.74) is 5.77. The molecule has 1 fully saturated rings. The standard InChI is InChI=1S/C20H27N3O2S/c1-12-6-14(3)17(7-13(12)2)18-11-26-20(21-18)22-19(24)10-23-8-15(4)25-16(5)9-23/h6-7,11,15-16H,8-10H2,1-5H3,(H,21,22,24)/t15-,16-/m1/s1. The number of benzene rings is 1. The highest BCUT2D eigenvalue weighted by Gasteiger charge is 2.24. The fourth-order valence-electron chi connectivity index (χ4n) is 3.47. The van der Waals surface area contributed by atoms with Crippen molar-refractivity contribution < 1.29 is 9.53 Å². The Bertz CT molecular complexity index is 792. The van der Waals surface area contributed by atoms with Gasteiger partial charge < -0.3 is 10.1 Å². The molecule has 0 spiro atoms. The third-order valence-electron chi connectivity index (χ3n) is 4.73. The van der Waals surface area contributed by atoms with E-state index >= 15 is 0 Å². The lowest BCUT2D eigenvalue weighted by Gasteiger charge is -2.34. The summed E-state index contributed by atoms with van der Waals surface area (Å²) in [6.07, 6.45) is 0.316. The first kappa shape index (κ1) is 19.0. The molecule has 1 aromatic heterocycles. The minimum absolute atomic E-state index is 0.0241. The van der Waals surface area contributed by atoms with Crippen LogP contribution in [0, 0.1) is 20.8 Å². The maximum atomic E-state index is 12.4. The van der Waals surface area contributed by atoms with Gasteiger partial charge in [-0.05, 0) is 57.4 Å². The van der Waals surface area contributed by atoms with Crippen LogP contribution >= 0.6 is 11.3 Å². The van der Waals surface area contributed by atoms with Gasteiger partial charge in [-0.3, -0.25) is 9.69 Å². The average Bonchev–Trinajstić information content (AvgIpc) is 2.97. The topological polar surface area (TPSA) is 54.5 Å². The molecule has 1 aliphatic heterocycles. The second-order valence-electron chi connectivity index (χ2n) is 7.29. The number of carbonyl (C=O) groups excluding carboxylic acids is 1. The van der Waals surface area contributed by atoms with Gasteiger partial charge in [0, 0.05) is 24.0 Å². The van der Waals surface area contributed by atoms with Gasteiger partial charge in [0.25, 0.3) is 0 Å². The molecule has 2 atom stereocenters. The number of amides is 1. The van der Waals surface area contributed by atoms with Crippen molar-refractivity contribution in [2.75, 3.05) is 25.0 Å². The summed E-state index contributed by atoms with van der Waals surface area (Å²) in [6.45, 7) is 12.3. The number of nitrogens with one attached hydrogen (secondary N) is 1. The largest absolute Gasteiger partial charge is 0.373 e. The Balaban J connectivity index is 1.65. The second-order valence-corrected chi connectivity index (χ2v) is 8.15. The summed E-state index contributed by atoms with van der Waals surface area (Å²) in [6, 6.07) is 4.35. The number of ether oxygens (including phenoxy) is 1. The number of carbonyl (C=O) groups is 1. The first-order chi connectivity index (χ1) is 12.3. The molecule has 5 nitrogen and oxygen atoms in total. The van der Waals surface area contributed by atoms with Crippen LogP contribution in [0.1, 0.15) is 30.5 Å². The zero-order chi connectivity index (χ0) is 18.8. The fraction of sp³-hybridized carbons (Fsp3) is 0.500. The Morgan fingerprint density at radius 2 is 1.85 bits per heavy atom. The van der Waals surface area contributed by atoms with E-state index in [9.17, 15) is 4.79 Å². The van der Waals surface area contributed by atoms with E-state index in [-0.39, 0.29) is 18.1 Å². The molecule has 2 aromatic rings. The smallest absolute Gasteiger partial charge is 0.240 e. The molecule has 26 heavy (non-hydrogen) atoms. The minimum atomic E-state index is -0.0241. The number of anilines is 1. The van der Waals surface area contributed by atoms with Crippen molar-refractivity contribution in [2.24, 2.45) is 0 Å². The molecular formula is C20H27N3O2S. The SMILES string of the molecule is Cc1cc(C)c(-c2csc(NC(=O)CN3C[C@@H](C)O[C@H](C)C3)n2)cc1C. The molecule has 0 bridgehead atoms. The maximum Gasteiger partial charge on any atom is 0.240 e. The molecule has 1 amide bonds. The highest BCUT2D eigenvalue weighted by molar-refractivity contribution is 7.14. The Morgan fingerprint density at radius 1 is 1.19 bits per heavy atom. The van der Waals surface area contributed by atoms with Crippen molar-refractivity contribution in [1.29, 1.82) is 0 Å². The highest BCUT2D eigenvalue weighted by Crippen LogP contribution is 2.29. The lowest BCUT2D eigenvalue weighted by atomic mass is 9.99. The van der Waals surface area contributed by atoms with Crippen LogP contribution in [0.5, 0.6) is 0 Å². The van der Waals surface area contributed by atoms with Gasteiger partial charge in [0.15, 0.2) is 5.13 Å². The molecule has 6 heteroatoms. The summed E-state index contributed by atoms with van der Waals surface area (Å²) in [5.74, 6) is -0.0241. The monoisotopic (exact) mass is 373 g/mol. The summed E-state index contributed by atoms with van der Waals surface area (Å²) in [5, 5.41) is 5.60. The first-order valence-corrected chi connectivity index (χ1v) is 9.91. The summed E-state index contributed by atoms with van der Waals surface area (Å²) >= 11 is 1.47. The summed E-state index contributed by atoms with van der Waals surface area (Å²) in [4.78, 5) is 19.1. The maximum absolute atomic E-state index is 12.4. The number of nitrogens with zero attached hydrogens (tertiary/aromatic N) is 2. The highest BCUT2D eigenvalue weighted by atomic mass is 32.1. The molecule has 2 heterocycles. The van der Waals surface area contributed by atoms with E-state index in [2.05, 4.69) is 48.1 Å². The number of aryl methyl sites for hydroxylation is 3. The molecule has 0 radical (unpaired) electrons. The Kier molecular flexibility index (Phi) is 5.75. The number of rotatable bonds is 4. The second kappa shape index (κ2) is 7.86. The number of morpholine rings is 1. The van der Waals surface area contributed by atoms with Gasteiger partial charge in [-0.25, -0.2) is 4.98 Å². The third-order valence-corrected chi connectivity index (χ3v) is 5.49. The molecule has 1 aromatic carbocycles. The van der Waals surface area contributed by atoms with Crippen LogP contribution in [0.2, 0.25) is 0 Å². The normalized spacial score (nSPS) is 21.0. The molecule has 1 saturated heterocycles. The van der Waals surface area contributed by atoms with E-state index in [1.54, 1.807) is 0 Å². The van der Waals surface area contributed by atoms with Crippen LogP contribution in [0.25, 0.3) is 11.3 Å². The van der Waals surface area contributed by atoms with Crippen LogP contribution in [-0.4, -0.2) is 47.6 Å². The van der Waals surface area contributed by atoms with Crippen LogP contribution in [0.4, 0.5) is 5.13 Å². The number of hydrogen-bond donors (Lipinski definition) is 1. The van der Waals surface area contributed by atoms with E-state index in [4.69, 9.17) is 4.74 Å². The average molecular weight is 374 g/mol. The molecule has 1 N–H and O–H groups in total. The number of aromatic nitrogens is 1. The number of thiazole rings is 1. The van der Waals surface area contributed by atoms with Gasteiger partial charge in [0.05, 0.1) is 24.4 Å². The van der Waals surface area contributed by atoms with Gasteiger partial charge in [-0.2, -0.15) is 0 Å². The third kappa shape index (κ3) is 4.50. The van der Waals surface area contributed by atoms with E-state index in [0.717, 1.165) is 24.3 Å². The lowest BCUT2D eigenvalue weighted by molar-refractivity contribution is -0.121. The molecule has 1 aliphatic rings. The first-order valence-electron chi connectivity index (χ1n) is 9.03. The predicted molar refractivity (Wildman–Crippen MR) is 107 cm³/mol. The van der Waals surface area contributed by atoms with E-state index in [0.29, 0.717) is 11.7 Å². The lowest BCUT2D eigenvalue weighted by Crippen LogP contribution is -2.48. The molecular weight excluding hydrogens is 346 g/mol. The van der Waals surface area contributed by atoms with E-state index < -0.39 is 0 Å². The molecule has 0 unspecified atom stereocenters. The molecule has 140 valence electrons. The van der Waals surface area contributed by atoms with Crippen LogP contribution in [0.15, 0.2) is 17.5 Å². The van der Waals surface area contributed by atoms with Gasteiger partial charge in [0.2, 0.25) is 5.91 Å². The van der Waals surface area contributed by atoms with Crippen molar-refractivity contribution >= 4 is 22.4 Å². The van der Waals surface area contributed by atoms with Crippen molar-refractivity contribution in [1.82, 2.24) is 9.88 Å². The van der Waals surface area contributed by atoms with Gasteiger partial charge >= 0.3 is 0 Å². The van der Waals surface area contributed by atoms with Crippen molar-refractivity contribution in [3.63, 3.8) is 0 Å². The van der Waals surface area contributed by atoms with Gasteiger partial charge in [-0.15, -0.1) is 11.3 Å². The molecule has 0 aliphatic carbocycles. The Morgan fingerprint density at radius 3 is 2.54 bits per heavy atom. The molecule has 0 saturated carbocycles. The minimum Gasteiger partial charge on any atom is -0.373 e. The van der Waals surface area contributed by atoms with Gasteiger partial charge in [0.1, 0.15) is 0 Å². The summed E-state index contributed by atoms with van der Waals surface area (Å²) in [7, 11) is 0. The van der Waals surface area contributed by atoms with Crippen molar-refractivity contribution in [3.05, 3.63) is 34.2 Å². The van der Waals surface area contributed by atoms with Gasteiger partial charge in [-0.1, -0.05) is 6.07 Å².